The number of aryl methyl sites for hydroxylation is 1. The van der Waals surface area contributed by atoms with Crippen molar-refractivity contribution in [3.63, 3.8) is 0 Å². The maximum atomic E-state index is 11.5. The zero-order chi connectivity index (χ0) is 14.7. The van der Waals surface area contributed by atoms with Crippen molar-refractivity contribution in [2.24, 2.45) is 0 Å². The van der Waals surface area contributed by atoms with Crippen molar-refractivity contribution >= 4 is 27.6 Å². The molecule has 0 aliphatic heterocycles. The predicted octanol–water partition coefficient (Wildman–Crippen LogP) is 3.31. The second kappa shape index (κ2) is 5.92. The van der Waals surface area contributed by atoms with Crippen LogP contribution >= 0.6 is 15.9 Å². The Morgan fingerprint density at radius 1 is 1.30 bits per heavy atom. The van der Waals surface area contributed by atoms with Crippen LogP contribution in [0.4, 0.5) is 5.69 Å². The average molecular weight is 337 g/mol. The molecule has 2 rings (SSSR count). The fourth-order valence-corrected chi connectivity index (χ4v) is 2.06. The zero-order valence-electron chi connectivity index (χ0n) is 11.0. The summed E-state index contributed by atoms with van der Waals surface area (Å²) in [7, 11) is 1.29. The summed E-state index contributed by atoms with van der Waals surface area (Å²) < 4.78 is 11.2. The Hall–Kier alpha value is -2.08. The molecule has 0 bridgehead atoms. The largest absolute Gasteiger partial charge is 0.464 e. The Bertz CT molecular complexity index is 659. The van der Waals surface area contributed by atoms with Gasteiger partial charge in [0.25, 0.3) is 0 Å². The number of methoxy groups -OCH3 is 1. The number of nitrogens with two attached hydrogens (primary N) is 1. The number of nitrogens with zero attached hydrogens (tertiary/aromatic N) is 1. The summed E-state index contributed by atoms with van der Waals surface area (Å²) in [5, 5.41) is 0. The minimum absolute atomic E-state index is 0.145. The predicted molar refractivity (Wildman–Crippen MR) is 78.9 cm³/mol. The van der Waals surface area contributed by atoms with Gasteiger partial charge in [-0.1, -0.05) is 15.9 Å². The van der Waals surface area contributed by atoms with Gasteiger partial charge in [0.15, 0.2) is 5.69 Å². The highest BCUT2D eigenvalue weighted by Gasteiger charge is 2.12. The lowest BCUT2D eigenvalue weighted by Gasteiger charge is -2.10. The third-order valence-corrected chi connectivity index (χ3v) is 3.12. The van der Waals surface area contributed by atoms with E-state index in [4.69, 9.17) is 10.5 Å². The quantitative estimate of drug-likeness (QED) is 0.870. The van der Waals surface area contributed by atoms with E-state index in [9.17, 15) is 4.79 Å². The molecule has 2 N–H and O–H groups in total. The Morgan fingerprint density at radius 2 is 2.05 bits per heavy atom. The van der Waals surface area contributed by atoms with E-state index in [1.165, 1.54) is 13.2 Å². The van der Waals surface area contributed by atoms with Crippen LogP contribution in [0.2, 0.25) is 0 Å². The van der Waals surface area contributed by atoms with Gasteiger partial charge < -0.3 is 15.2 Å². The number of rotatable bonds is 3. The number of carbonyl (C=O) groups excluding carboxylic acids is 1. The van der Waals surface area contributed by atoms with E-state index < -0.39 is 5.97 Å². The minimum Gasteiger partial charge on any atom is -0.464 e. The van der Waals surface area contributed by atoms with Gasteiger partial charge in [0.2, 0.25) is 5.88 Å². The maximum absolute atomic E-state index is 11.5. The maximum Gasteiger partial charge on any atom is 0.356 e. The number of nitrogen functional groups attached to an aromatic ring is 1. The number of aromatic nitrogens is 1. The standard InChI is InChI=1S/C14H13BrN2O3/c1-8-7-9(15)3-6-12(8)20-13-10(16)4-5-11(17-13)14(18)19-2/h3-7H,16H2,1-2H3. The normalized spacial score (nSPS) is 10.2. The molecule has 1 aromatic carbocycles. The molecule has 0 amide bonds. The van der Waals surface area contributed by atoms with Gasteiger partial charge in [0.05, 0.1) is 12.8 Å². The molecule has 0 aliphatic rings. The Morgan fingerprint density at radius 3 is 2.70 bits per heavy atom. The number of anilines is 1. The van der Waals surface area contributed by atoms with Crippen molar-refractivity contribution in [1.29, 1.82) is 0 Å². The second-order valence-electron chi connectivity index (χ2n) is 4.09. The number of hydrogen-bond donors (Lipinski definition) is 1. The van der Waals surface area contributed by atoms with E-state index in [0.717, 1.165) is 10.0 Å². The fraction of sp³-hybridized carbons (Fsp3) is 0.143. The van der Waals surface area contributed by atoms with E-state index in [-0.39, 0.29) is 11.6 Å². The van der Waals surface area contributed by atoms with Crippen LogP contribution in [0, 0.1) is 6.92 Å². The van der Waals surface area contributed by atoms with Crippen molar-refractivity contribution in [2.45, 2.75) is 6.92 Å². The van der Waals surface area contributed by atoms with Crippen LogP contribution in [0.15, 0.2) is 34.8 Å². The number of pyridine rings is 1. The molecule has 20 heavy (non-hydrogen) atoms. The summed E-state index contributed by atoms with van der Waals surface area (Å²) in [6.07, 6.45) is 0. The summed E-state index contributed by atoms with van der Waals surface area (Å²) in [6, 6.07) is 8.61. The molecule has 0 saturated heterocycles. The minimum atomic E-state index is -0.539. The summed E-state index contributed by atoms with van der Waals surface area (Å²) in [4.78, 5) is 15.5. The van der Waals surface area contributed by atoms with Crippen LogP contribution in [0.3, 0.4) is 0 Å². The average Bonchev–Trinajstić information content (AvgIpc) is 2.43. The molecule has 104 valence electrons. The van der Waals surface area contributed by atoms with Crippen molar-refractivity contribution in [3.8, 4) is 11.6 Å². The van der Waals surface area contributed by atoms with Gasteiger partial charge in [-0.3, -0.25) is 0 Å². The molecule has 5 nitrogen and oxygen atoms in total. The van der Waals surface area contributed by atoms with E-state index >= 15 is 0 Å². The van der Waals surface area contributed by atoms with Crippen molar-refractivity contribution in [2.75, 3.05) is 12.8 Å². The lowest BCUT2D eigenvalue weighted by atomic mass is 10.2. The van der Waals surface area contributed by atoms with Crippen molar-refractivity contribution < 1.29 is 14.3 Å². The van der Waals surface area contributed by atoms with Gasteiger partial charge >= 0.3 is 5.97 Å². The highest BCUT2D eigenvalue weighted by atomic mass is 79.9. The van der Waals surface area contributed by atoms with Crippen LogP contribution in [0.1, 0.15) is 16.1 Å². The van der Waals surface area contributed by atoms with Crippen LogP contribution in [0.25, 0.3) is 0 Å². The molecular formula is C14H13BrN2O3. The molecular weight excluding hydrogens is 324 g/mol. The molecule has 0 radical (unpaired) electrons. The van der Waals surface area contributed by atoms with Gasteiger partial charge in [-0.15, -0.1) is 0 Å². The first kappa shape index (κ1) is 14.3. The van der Waals surface area contributed by atoms with E-state index in [2.05, 4.69) is 25.7 Å². The van der Waals surface area contributed by atoms with Gasteiger partial charge in [-0.05, 0) is 42.8 Å². The van der Waals surface area contributed by atoms with Crippen molar-refractivity contribution in [3.05, 3.63) is 46.1 Å². The first-order chi connectivity index (χ1) is 9.51. The molecule has 6 heteroatoms. The number of hydrogen-bond acceptors (Lipinski definition) is 5. The summed E-state index contributed by atoms with van der Waals surface area (Å²) in [5.74, 6) is 0.259. The molecule has 0 spiro atoms. The zero-order valence-corrected chi connectivity index (χ0v) is 12.6. The number of carbonyl (C=O) groups is 1. The summed E-state index contributed by atoms with van der Waals surface area (Å²) in [6.45, 7) is 1.90. The lowest BCUT2D eigenvalue weighted by Crippen LogP contribution is -2.06. The SMILES string of the molecule is COC(=O)c1ccc(N)c(Oc2ccc(Br)cc2C)n1. The monoisotopic (exact) mass is 336 g/mol. The first-order valence-corrected chi connectivity index (χ1v) is 6.59. The molecule has 1 heterocycles. The second-order valence-corrected chi connectivity index (χ2v) is 5.01. The van der Waals surface area contributed by atoms with Crippen LogP contribution in [-0.2, 0) is 4.74 Å². The molecule has 0 aliphatic carbocycles. The molecule has 2 aromatic rings. The Balaban J connectivity index is 2.35. The molecule has 0 fully saturated rings. The van der Waals surface area contributed by atoms with Gasteiger partial charge in [0, 0.05) is 4.47 Å². The lowest BCUT2D eigenvalue weighted by molar-refractivity contribution is 0.0593. The van der Waals surface area contributed by atoms with Crippen LogP contribution < -0.4 is 10.5 Å². The molecule has 0 saturated carbocycles. The van der Waals surface area contributed by atoms with E-state index in [1.807, 2.05) is 19.1 Å². The van der Waals surface area contributed by atoms with Crippen LogP contribution in [0.5, 0.6) is 11.6 Å². The van der Waals surface area contributed by atoms with E-state index in [0.29, 0.717) is 11.4 Å². The van der Waals surface area contributed by atoms with Crippen LogP contribution in [-0.4, -0.2) is 18.1 Å². The Kier molecular flexibility index (Phi) is 4.24. The number of ether oxygens (including phenoxy) is 2. The fourth-order valence-electron chi connectivity index (χ4n) is 1.58. The first-order valence-electron chi connectivity index (χ1n) is 5.80. The third kappa shape index (κ3) is 3.08. The van der Waals surface area contributed by atoms with Gasteiger partial charge in [-0.2, -0.15) is 0 Å². The summed E-state index contributed by atoms with van der Waals surface area (Å²) in [5.41, 5.74) is 7.22. The highest BCUT2D eigenvalue weighted by molar-refractivity contribution is 9.10. The number of halogens is 1. The van der Waals surface area contributed by atoms with Gasteiger partial charge in [-0.25, -0.2) is 9.78 Å². The molecule has 0 unspecified atom stereocenters. The number of esters is 1. The number of benzene rings is 1. The highest BCUT2D eigenvalue weighted by Crippen LogP contribution is 2.29. The Labute approximate surface area is 124 Å². The summed E-state index contributed by atoms with van der Waals surface area (Å²) >= 11 is 3.38. The smallest absolute Gasteiger partial charge is 0.356 e. The molecule has 1 aromatic heterocycles. The molecule has 0 atom stereocenters. The third-order valence-electron chi connectivity index (χ3n) is 2.63. The van der Waals surface area contributed by atoms with Gasteiger partial charge in [0.1, 0.15) is 5.75 Å². The van der Waals surface area contributed by atoms with E-state index in [1.54, 1.807) is 12.1 Å². The topological polar surface area (TPSA) is 74.4 Å². The van der Waals surface area contributed by atoms with Crippen molar-refractivity contribution in [1.82, 2.24) is 4.98 Å².